The second-order valence-electron chi connectivity index (χ2n) is 6.38. The van der Waals surface area contributed by atoms with E-state index in [1.807, 2.05) is 26.0 Å². The van der Waals surface area contributed by atoms with E-state index in [2.05, 4.69) is 69.3 Å². The van der Waals surface area contributed by atoms with Gasteiger partial charge in [0.15, 0.2) is 0 Å². The number of allylic oxidation sites excluding steroid dienone is 9. The van der Waals surface area contributed by atoms with Crippen LogP contribution >= 0.6 is 11.3 Å². The predicted octanol–water partition coefficient (Wildman–Crippen LogP) is 7.22. The van der Waals surface area contributed by atoms with Crippen molar-refractivity contribution in [1.82, 2.24) is 4.90 Å². The summed E-state index contributed by atoms with van der Waals surface area (Å²) in [4.78, 5) is 2.40. The van der Waals surface area contributed by atoms with Crippen LogP contribution in [0.2, 0.25) is 0 Å². The summed E-state index contributed by atoms with van der Waals surface area (Å²) >= 11 is 1.79. The van der Waals surface area contributed by atoms with Crippen LogP contribution < -0.4 is 0 Å². The molecule has 1 nitrogen and oxygen atoms in total. The Morgan fingerprint density at radius 3 is 2.44 bits per heavy atom. The Kier molecular flexibility index (Phi) is 10.7. The Morgan fingerprint density at radius 1 is 1.19 bits per heavy atom. The van der Waals surface area contributed by atoms with Crippen molar-refractivity contribution < 1.29 is 0 Å². The van der Waals surface area contributed by atoms with E-state index in [4.69, 9.17) is 0 Å². The first-order valence-electron chi connectivity index (χ1n) is 9.91. The Labute approximate surface area is 171 Å². The van der Waals surface area contributed by atoms with Crippen molar-refractivity contribution in [3.05, 3.63) is 76.5 Å². The third kappa shape index (κ3) is 6.99. The zero-order valence-corrected chi connectivity index (χ0v) is 18.5. The Morgan fingerprint density at radius 2 is 1.85 bits per heavy atom. The summed E-state index contributed by atoms with van der Waals surface area (Å²) < 4.78 is 1.30. The number of nitrogens with zero attached hydrogens (tertiary/aromatic N) is 1. The Hall–Kier alpha value is -1.87. The monoisotopic (exact) mass is 379 g/mol. The summed E-state index contributed by atoms with van der Waals surface area (Å²) in [5, 5.41) is 2.24. The molecule has 3 heteroatoms. The normalized spacial score (nSPS) is 15.6. The van der Waals surface area contributed by atoms with Crippen molar-refractivity contribution in [3.63, 3.8) is 0 Å². The first kappa shape index (κ1) is 23.2. The maximum Gasteiger partial charge on any atom is -0.0683 e. The molecule has 0 N–H and O–H groups in total. The summed E-state index contributed by atoms with van der Waals surface area (Å²) in [7, 11) is 0. The minimum absolute atomic E-state index is 1.14. The molecule has 0 saturated carbocycles. The van der Waals surface area contributed by atoms with Crippen LogP contribution in [0.4, 0.5) is 0 Å². The molecular formula is C24H34BNS. The standard InChI is InChI=1S/C22H28BNS.C2H6/c1-6-8-9-12-17(3)22-23-21(16-25-22)20(7-2)15-18(4)19(5)24-13-10-11-14-24;1-2/h6-9,12,15-16H,1,5,10-11,13-14H2,2-4H3;1-2H3/b9-8-,17-12+,18-15+,20-7+;. The second kappa shape index (κ2) is 12.5. The molecule has 0 radical (unpaired) electrons. The van der Waals surface area contributed by atoms with Gasteiger partial charge < -0.3 is 0 Å². The molecule has 1 saturated heterocycles. The van der Waals surface area contributed by atoms with Gasteiger partial charge >= 0.3 is 157 Å². The maximum absolute atomic E-state index is 4.30. The average Bonchev–Trinajstić information content (AvgIpc) is 3.39. The van der Waals surface area contributed by atoms with Crippen molar-refractivity contribution in [3.8, 4) is 0 Å². The fraction of sp³-hybridized carbons (Fsp3) is 0.375. The van der Waals surface area contributed by atoms with Crippen LogP contribution in [-0.4, -0.2) is 24.9 Å². The maximum atomic E-state index is 4.30. The first-order valence-corrected chi connectivity index (χ1v) is 10.8. The topological polar surface area (TPSA) is 3.24 Å². The van der Waals surface area contributed by atoms with Crippen molar-refractivity contribution in [2.24, 2.45) is 0 Å². The van der Waals surface area contributed by atoms with Crippen LogP contribution in [0.5, 0.6) is 0 Å². The predicted molar refractivity (Wildman–Crippen MR) is 127 cm³/mol. The molecule has 1 aromatic heterocycles. The molecule has 2 heterocycles. The molecule has 0 atom stereocenters. The summed E-state index contributed by atoms with van der Waals surface area (Å²) in [5.74, 6) is 0. The Balaban J connectivity index is 0.00000176. The van der Waals surface area contributed by atoms with E-state index in [0.29, 0.717) is 0 Å². The first-order chi connectivity index (χ1) is 13.1. The van der Waals surface area contributed by atoms with Crippen LogP contribution in [0.25, 0.3) is 11.1 Å². The van der Waals surface area contributed by atoms with Gasteiger partial charge in [0.2, 0.25) is 0 Å². The zero-order chi connectivity index (χ0) is 20.2. The molecular weight excluding hydrogens is 345 g/mol. The molecule has 2 rings (SSSR count). The smallest absolute Gasteiger partial charge is 0.0683 e. The van der Waals surface area contributed by atoms with Gasteiger partial charge in [0.25, 0.3) is 0 Å². The molecule has 144 valence electrons. The minimum Gasteiger partial charge on any atom is -0.0683 e. The molecule has 0 unspecified atom stereocenters. The molecule has 0 aromatic carbocycles. The summed E-state index contributed by atoms with van der Waals surface area (Å²) in [5.41, 5.74) is 6.22. The van der Waals surface area contributed by atoms with E-state index < -0.39 is 0 Å². The van der Waals surface area contributed by atoms with Crippen LogP contribution in [-0.2, 0) is 0 Å². The zero-order valence-electron chi connectivity index (χ0n) is 17.7. The van der Waals surface area contributed by atoms with Crippen molar-refractivity contribution >= 4 is 29.4 Å². The Bertz CT molecular complexity index is 740. The number of likely N-dealkylation sites (tertiary alicyclic amines) is 1. The molecule has 0 aliphatic carbocycles. The van der Waals surface area contributed by atoms with Gasteiger partial charge in [-0.3, -0.25) is 0 Å². The molecule has 1 aromatic rings. The summed E-state index contributed by atoms with van der Waals surface area (Å²) in [6, 6.07) is 0. The van der Waals surface area contributed by atoms with Gasteiger partial charge in [0, 0.05) is 0 Å². The van der Waals surface area contributed by atoms with Gasteiger partial charge in [-0.15, -0.1) is 0 Å². The van der Waals surface area contributed by atoms with Crippen molar-refractivity contribution in [2.45, 2.75) is 47.5 Å². The SMILES string of the molecule is C=C/C=C\C=C(/C)c1bc(C(=C/C)/C=C(\C)C(=C)N2CCCC2)cs1.CC. The second-order valence-corrected chi connectivity index (χ2v) is 7.29. The van der Waals surface area contributed by atoms with E-state index in [0.717, 1.165) is 18.8 Å². The molecule has 1 fully saturated rings. The average molecular weight is 379 g/mol. The number of hydrogen-bond donors (Lipinski definition) is 0. The third-order valence-corrected chi connectivity index (χ3v) is 5.61. The van der Waals surface area contributed by atoms with Gasteiger partial charge in [0.1, 0.15) is 0 Å². The van der Waals surface area contributed by atoms with E-state index >= 15 is 0 Å². The minimum atomic E-state index is 1.14. The van der Waals surface area contributed by atoms with E-state index in [9.17, 15) is 0 Å². The molecule has 0 amide bonds. The van der Waals surface area contributed by atoms with Crippen molar-refractivity contribution in [1.29, 1.82) is 0 Å². The van der Waals surface area contributed by atoms with E-state index in [1.54, 1.807) is 17.4 Å². The van der Waals surface area contributed by atoms with Gasteiger partial charge in [-0.05, 0) is 0 Å². The van der Waals surface area contributed by atoms with Crippen molar-refractivity contribution in [2.75, 3.05) is 13.1 Å². The number of hydrogen-bond acceptors (Lipinski definition) is 2. The van der Waals surface area contributed by atoms with Gasteiger partial charge in [-0.2, -0.15) is 0 Å². The molecule has 0 bridgehead atoms. The fourth-order valence-corrected chi connectivity index (χ4v) is 3.85. The molecule has 1 aliphatic heterocycles. The van der Waals surface area contributed by atoms with E-state index in [-0.39, 0.29) is 0 Å². The van der Waals surface area contributed by atoms with Crippen LogP contribution in [0, 0.1) is 0 Å². The number of rotatable bonds is 7. The van der Waals surface area contributed by atoms with Crippen LogP contribution in [0.15, 0.2) is 66.3 Å². The van der Waals surface area contributed by atoms with E-state index in [1.165, 1.54) is 39.8 Å². The third-order valence-electron chi connectivity index (χ3n) is 4.54. The summed E-state index contributed by atoms with van der Waals surface area (Å²) in [6.07, 6.45) is 14.9. The summed E-state index contributed by atoms with van der Waals surface area (Å²) in [6.45, 7) is 23.0. The molecule has 0 spiro atoms. The molecule has 27 heavy (non-hydrogen) atoms. The quantitative estimate of drug-likeness (QED) is 0.452. The van der Waals surface area contributed by atoms with Gasteiger partial charge in [0.05, 0.1) is 0 Å². The molecule has 1 aliphatic rings. The van der Waals surface area contributed by atoms with Crippen LogP contribution in [0.1, 0.15) is 57.7 Å². The fourth-order valence-electron chi connectivity index (χ4n) is 2.94. The van der Waals surface area contributed by atoms with Crippen LogP contribution in [0.3, 0.4) is 0 Å². The largest absolute Gasteiger partial charge is 0.0683 e. The van der Waals surface area contributed by atoms with Gasteiger partial charge in [-0.1, -0.05) is 13.8 Å². The van der Waals surface area contributed by atoms with Gasteiger partial charge in [-0.25, -0.2) is 0 Å².